The van der Waals surface area contributed by atoms with E-state index in [-0.39, 0.29) is 24.7 Å². The van der Waals surface area contributed by atoms with Crippen molar-refractivity contribution in [2.24, 2.45) is 0 Å². The smallest absolute Gasteiger partial charge is 0.262 e. The van der Waals surface area contributed by atoms with Crippen molar-refractivity contribution in [3.8, 4) is 11.5 Å². The summed E-state index contributed by atoms with van der Waals surface area (Å²) in [6.07, 6.45) is 1.77. The van der Waals surface area contributed by atoms with Crippen molar-refractivity contribution in [1.82, 2.24) is 9.38 Å². The fourth-order valence-corrected chi connectivity index (χ4v) is 3.97. The van der Waals surface area contributed by atoms with E-state index in [9.17, 15) is 9.59 Å². The molecule has 0 atom stereocenters. The van der Waals surface area contributed by atoms with Gasteiger partial charge < -0.3 is 14.8 Å². The fraction of sp³-hybridized carbons (Fsp3) is 0.208. The highest BCUT2D eigenvalue weighted by molar-refractivity contribution is 7.16. The first kappa shape index (κ1) is 21.6. The molecule has 0 fully saturated rings. The van der Waals surface area contributed by atoms with Gasteiger partial charge in [0.15, 0.2) is 11.6 Å². The highest BCUT2D eigenvalue weighted by atomic mass is 32.1. The van der Waals surface area contributed by atoms with Gasteiger partial charge in [-0.1, -0.05) is 23.8 Å². The first-order valence-corrected chi connectivity index (χ1v) is 10.9. The number of thiazole rings is 1. The van der Waals surface area contributed by atoms with Gasteiger partial charge in [-0.05, 0) is 50.6 Å². The molecule has 0 saturated heterocycles. The molecule has 4 rings (SSSR count). The molecular weight excluding hydrogens is 426 g/mol. The zero-order valence-electron chi connectivity index (χ0n) is 18.0. The van der Waals surface area contributed by atoms with Crippen LogP contribution in [0.1, 0.15) is 21.7 Å². The largest absolute Gasteiger partial charge is 0.485 e. The molecule has 2 heterocycles. The number of anilines is 1. The SMILES string of the molecule is Cc1ccc(OCC(=O)Nc2cc(C)ccc2OCc2cc(=O)n3cc(C)sc3n2)cc1. The topological polar surface area (TPSA) is 81.9 Å². The van der Waals surface area contributed by atoms with Gasteiger partial charge in [-0.15, -0.1) is 11.3 Å². The number of rotatable bonds is 7. The molecule has 2 aromatic heterocycles. The minimum Gasteiger partial charge on any atom is -0.485 e. The van der Waals surface area contributed by atoms with Crippen LogP contribution in [0.5, 0.6) is 11.5 Å². The van der Waals surface area contributed by atoms with Crippen molar-refractivity contribution in [3.05, 3.63) is 86.8 Å². The maximum atomic E-state index is 12.4. The molecule has 0 aliphatic heterocycles. The molecule has 0 spiro atoms. The zero-order chi connectivity index (χ0) is 22.7. The van der Waals surface area contributed by atoms with Crippen LogP contribution < -0.4 is 20.3 Å². The van der Waals surface area contributed by atoms with Crippen LogP contribution in [0.2, 0.25) is 0 Å². The standard InChI is InChI=1S/C24H23N3O4S/c1-15-4-7-19(8-5-15)30-14-22(28)26-20-10-16(2)6-9-21(20)31-13-18-11-23(29)27-12-17(3)32-24(27)25-18/h4-12H,13-14H2,1-3H3,(H,26,28). The Morgan fingerprint density at radius 2 is 1.78 bits per heavy atom. The van der Waals surface area contributed by atoms with E-state index in [1.165, 1.54) is 21.8 Å². The number of aromatic nitrogens is 2. The van der Waals surface area contributed by atoms with E-state index >= 15 is 0 Å². The Balaban J connectivity index is 1.44. The quantitative estimate of drug-likeness (QED) is 0.455. The summed E-state index contributed by atoms with van der Waals surface area (Å²) < 4.78 is 13.0. The summed E-state index contributed by atoms with van der Waals surface area (Å²) in [6, 6.07) is 14.5. The Bertz CT molecular complexity index is 1330. The van der Waals surface area contributed by atoms with Gasteiger partial charge in [0.05, 0.1) is 11.4 Å². The van der Waals surface area contributed by atoms with Crippen LogP contribution in [-0.2, 0) is 11.4 Å². The predicted molar refractivity (Wildman–Crippen MR) is 125 cm³/mol. The van der Waals surface area contributed by atoms with Gasteiger partial charge in [-0.3, -0.25) is 14.0 Å². The van der Waals surface area contributed by atoms with Crippen LogP contribution >= 0.6 is 11.3 Å². The first-order valence-electron chi connectivity index (χ1n) is 10.1. The number of hydrogen-bond acceptors (Lipinski definition) is 6. The van der Waals surface area contributed by atoms with E-state index in [4.69, 9.17) is 9.47 Å². The first-order chi connectivity index (χ1) is 15.4. The molecule has 8 heteroatoms. The van der Waals surface area contributed by atoms with Crippen molar-refractivity contribution in [3.63, 3.8) is 0 Å². The lowest BCUT2D eigenvalue weighted by atomic mass is 10.2. The summed E-state index contributed by atoms with van der Waals surface area (Å²) in [5.74, 6) is 0.819. The van der Waals surface area contributed by atoms with Crippen molar-refractivity contribution in [2.75, 3.05) is 11.9 Å². The Morgan fingerprint density at radius 1 is 1.03 bits per heavy atom. The van der Waals surface area contributed by atoms with Gasteiger partial charge >= 0.3 is 0 Å². The third kappa shape index (κ3) is 5.15. The summed E-state index contributed by atoms with van der Waals surface area (Å²) in [5, 5.41) is 2.84. The second-order valence-corrected chi connectivity index (χ2v) is 8.73. The number of benzene rings is 2. The number of carbonyl (C=O) groups excluding carboxylic acids is 1. The molecule has 7 nitrogen and oxygen atoms in total. The Kier molecular flexibility index (Phi) is 6.23. The van der Waals surface area contributed by atoms with Crippen molar-refractivity contribution in [2.45, 2.75) is 27.4 Å². The zero-order valence-corrected chi connectivity index (χ0v) is 18.9. The average Bonchev–Trinajstić information content (AvgIpc) is 3.13. The number of carbonyl (C=O) groups is 1. The van der Waals surface area contributed by atoms with Gasteiger partial charge in [-0.25, -0.2) is 4.98 Å². The number of aryl methyl sites for hydroxylation is 3. The number of ether oxygens (including phenoxy) is 2. The second-order valence-electron chi connectivity index (χ2n) is 7.52. The van der Waals surface area contributed by atoms with Crippen LogP contribution in [0.3, 0.4) is 0 Å². The number of fused-ring (bicyclic) bond motifs is 1. The van der Waals surface area contributed by atoms with Crippen molar-refractivity contribution in [1.29, 1.82) is 0 Å². The average molecular weight is 450 g/mol. The van der Waals surface area contributed by atoms with Gasteiger partial charge in [0, 0.05) is 17.1 Å². The lowest BCUT2D eigenvalue weighted by molar-refractivity contribution is -0.118. The normalized spacial score (nSPS) is 10.8. The summed E-state index contributed by atoms with van der Waals surface area (Å²) in [7, 11) is 0. The summed E-state index contributed by atoms with van der Waals surface area (Å²) in [6.45, 7) is 5.83. The molecule has 1 amide bonds. The number of amides is 1. The van der Waals surface area contributed by atoms with E-state index in [1.54, 1.807) is 12.3 Å². The fourth-order valence-electron chi connectivity index (χ4n) is 3.12. The number of nitrogens with zero attached hydrogens (tertiary/aromatic N) is 2. The molecule has 0 unspecified atom stereocenters. The van der Waals surface area contributed by atoms with Crippen LogP contribution in [0.25, 0.3) is 4.96 Å². The number of nitrogens with one attached hydrogen (secondary N) is 1. The highest BCUT2D eigenvalue weighted by Crippen LogP contribution is 2.26. The van der Waals surface area contributed by atoms with Crippen LogP contribution in [0.4, 0.5) is 5.69 Å². The summed E-state index contributed by atoms with van der Waals surface area (Å²) in [5.41, 5.74) is 3.00. The minimum atomic E-state index is -0.298. The molecule has 0 aliphatic carbocycles. The number of hydrogen-bond donors (Lipinski definition) is 1. The molecule has 0 bridgehead atoms. The van der Waals surface area contributed by atoms with E-state index < -0.39 is 0 Å². The van der Waals surface area contributed by atoms with Crippen LogP contribution in [0, 0.1) is 20.8 Å². The Labute approximate surface area is 189 Å². The van der Waals surface area contributed by atoms with Crippen molar-refractivity contribution >= 4 is 27.9 Å². The maximum absolute atomic E-state index is 12.4. The van der Waals surface area contributed by atoms with Crippen LogP contribution in [-0.4, -0.2) is 21.9 Å². The third-order valence-electron chi connectivity index (χ3n) is 4.71. The lowest BCUT2D eigenvalue weighted by Gasteiger charge is -2.14. The van der Waals surface area contributed by atoms with E-state index in [0.29, 0.717) is 27.8 Å². The van der Waals surface area contributed by atoms with Crippen LogP contribution in [0.15, 0.2) is 59.5 Å². The summed E-state index contributed by atoms with van der Waals surface area (Å²) >= 11 is 1.45. The van der Waals surface area contributed by atoms with Gasteiger partial charge in [0.1, 0.15) is 18.1 Å². The molecule has 0 saturated carbocycles. The second kappa shape index (κ2) is 9.23. The lowest BCUT2D eigenvalue weighted by Crippen LogP contribution is -2.20. The maximum Gasteiger partial charge on any atom is 0.262 e. The molecule has 32 heavy (non-hydrogen) atoms. The van der Waals surface area contributed by atoms with E-state index in [1.807, 2.05) is 57.2 Å². The molecule has 4 aromatic rings. The monoisotopic (exact) mass is 449 g/mol. The third-order valence-corrected chi connectivity index (χ3v) is 5.61. The molecule has 164 valence electrons. The van der Waals surface area contributed by atoms with Gasteiger partial charge in [0.2, 0.25) is 0 Å². The van der Waals surface area contributed by atoms with Crippen molar-refractivity contribution < 1.29 is 14.3 Å². The molecular formula is C24H23N3O4S. The molecule has 1 N–H and O–H groups in total. The van der Waals surface area contributed by atoms with Gasteiger partial charge in [0.25, 0.3) is 11.5 Å². The predicted octanol–water partition coefficient (Wildman–Crippen LogP) is 4.28. The minimum absolute atomic E-state index is 0.106. The Hall–Kier alpha value is -3.65. The molecule has 2 aromatic carbocycles. The molecule has 0 radical (unpaired) electrons. The van der Waals surface area contributed by atoms with E-state index in [2.05, 4.69) is 10.3 Å². The van der Waals surface area contributed by atoms with Gasteiger partial charge in [-0.2, -0.15) is 0 Å². The molecule has 0 aliphatic rings. The van der Waals surface area contributed by atoms with E-state index in [0.717, 1.165) is 16.0 Å². The summed E-state index contributed by atoms with van der Waals surface area (Å²) in [4.78, 5) is 30.9. The highest BCUT2D eigenvalue weighted by Gasteiger charge is 2.11. The Morgan fingerprint density at radius 3 is 2.56 bits per heavy atom.